The molecule has 2 rings (SSSR count). The zero-order chi connectivity index (χ0) is 9.42. The third-order valence-electron chi connectivity index (χ3n) is 1.55. The molecule has 13 heavy (non-hydrogen) atoms. The molecule has 0 unspecified atom stereocenters. The second-order valence-corrected chi connectivity index (χ2v) is 3.34. The SMILES string of the molecule is O=[N+]([O-])c1cc(Cl)c2ns[c]c2c1. The molecule has 0 N–H and O–H groups in total. The topological polar surface area (TPSA) is 56.0 Å². The molecule has 65 valence electrons. The summed E-state index contributed by atoms with van der Waals surface area (Å²) in [5.41, 5.74) is 0.534. The lowest BCUT2D eigenvalue weighted by atomic mass is 10.2. The van der Waals surface area contributed by atoms with Gasteiger partial charge in [-0.15, -0.1) is 0 Å². The van der Waals surface area contributed by atoms with Gasteiger partial charge in [0.05, 0.1) is 15.3 Å². The van der Waals surface area contributed by atoms with Gasteiger partial charge in [0.1, 0.15) is 5.52 Å². The van der Waals surface area contributed by atoms with Gasteiger partial charge in [0.2, 0.25) is 0 Å². The first-order chi connectivity index (χ1) is 6.18. The molecule has 2 aromatic rings. The number of benzene rings is 1. The van der Waals surface area contributed by atoms with Crippen LogP contribution >= 0.6 is 23.1 Å². The third-order valence-corrected chi connectivity index (χ3v) is 2.42. The zero-order valence-electron chi connectivity index (χ0n) is 6.15. The Morgan fingerprint density at radius 2 is 2.38 bits per heavy atom. The van der Waals surface area contributed by atoms with Crippen molar-refractivity contribution in [3.05, 3.63) is 32.6 Å². The van der Waals surface area contributed by atoms with Gasteiger partial charge < -0.3 is 0 Å². The summed E-state index contributed by atoms with van der Waals surface area (Å²) < 4.78 is 3.95. The summed E-state index contributed by atoms with van der Waals surface area (Å²) in [7, 11) is 0. The smallest absolute Gasteiger partial charge is 0.258 e. The van der Waals surface area contributed by atoms with Crippen molar-refractivity contribution in [3.63, 3.8) is 0 Å². The van der Waals surface area contributed by atoms with Crippen LogP contribution in [0.25, 0.3) is 10.9 Å². The van der Waals surface area contributed by atoms with Crippen molar-refractivity contribution in [2.45, 2.75) is 0 Å². The van der Waals surface area contributed by atoms with Crippen LogP contribution in [0.1, 0.15) is 0 Å². The Labute approximate surface area is 82.1 Å². The molecule has 1 heterocycles. The van der Waals surface area contributed by atoms with Gasteiger partial charge in [-0.1, -0.05) is 11.6 Å². The molecular formula is C7H2ClN2O2S. The minimum Gasteiger partial charge on any atom is -0.258 e. The van der Waals surface area contributed by atoms with E-state index in [9.17, 15) is 10.1 Å². The number of hydrogen-bond acceptors (Lipinski definition) is 4. The fourth-order valence-corrected chi connectivity index (χ4v) is 1.87. The Morgan fingerprint density at radius 1 is 1.62 bits per heavy atom. The van der Waals surface area contributed by atoms with Crippen molar-refractivity contribution >= 4 is 39.7 Å². The van der Waals surface area contributed by atoms with E-state index in [0.717, 1.165) is 11.5 Å². The standard InChI is InChI=1S/C7H2ClN2O2S/c8-6-2-5(10(11)12)1-4-3-13-9-7(4)6/h1-2H. The van der Waals surface area contributed by atoms with E-state index in [4.69, 9.17) is 11.6 Å². The van der Waals surface area contributed by atoms with Crippen LogP contribution in [0.5, 0.6) is 0 Å². The number of non-ortho nitro benzene ring substituents is 1. The lowest BCUT2D eigenvalue weighted by molar-refractivity contribution is -0.384. The molecule has 6 heteroatoms. The third kappa shape index (κ3) is 1.36. The normalized spacial score (nSPS) is 10.5. The summed E-state index contributed by atoms with van der Waals surface area (Å²) in [6.07, 6.45) is 0. The van der Waals surface area contributed by atoms with Crippen molar-refractivity contribution in [1.29, 1.82) is 0 Å². The van der Waals surface area contributed by atoms with E-state index in [-0.39, 0.29) is 5.69 Å². The minimum absolute atomic E-state index is 0.0334. The largest absolute Gasteiger partial charge is 0.271 e. The van der Waals surface area contributed by atoms with E-state index in [0.29, 0.717) is 15.9 Å². The van der Waals surface area contributed by atoms with Crippen LogP contribution in [0.4, 0.5) is 5.69 Å². The van der Waals surface area contributed by atoms with Crippen LogP contribution in [0.15, 0.2) is 12.1 Å². The second kappa shape index (κ2) is 2.93. The molecule has 4 nitrogen and oxygen atoms in total. The quantitative estimate of drug-likeness (QED) is 0.541. The van der Waals surface area contributed by atoms with Gasteiger partial charge in [-0.2, -0.15) is 4.37 Å². The molecular weight excluding hydrogens is 212 g/mol. The Kier molecular flexibility index (Phi) is 1.90. The summed E-state index contributed by atoms with van der Waals surface area (Å²) in [5.74, 6) is 0. The number of nitro benzene ring substituents is 1. The molecule has 1 radical (unpaired) electrons. The first-order valence-electron chi connectivity index (χ1n) is 3.29. The Bertz CT molecular complexity index is 482. The monoisotopic (exact) mass is 213 g/mol. The lowest BCUT2D eigenvalue weighted by Crippen LogP contribution is -1.87. The van der Waals surface area contributed by atoms with E-state index in [2.05, 4.69) is 9.75 Å². The van der Waals surface area contributed by atoms with Crippen LogP contribution in [0.2, 0.25) is 5.02 Å². The number of rotatable bonds is 1. The van der Waals surface area contributed by atoms with Crippen molar-refractivity contribution < 1.29 is 4.92 Å². The summed E-state index contributed by atoms with van der Waals surface area (Å²) in [4.78, 5) is 9.95. The highest BCUT2D eigenvalue weighted by Gasteiger charge is 2.11. The predicted molar refractivity (Wildman–Crippen MR) is 50.1 cm³/mol. The number of nitrogens with zero attached hydrogens (tertiary/aromatic N) is 2. The summed E-state index contributed by atoms with van der Waals surface area (Å²) in [6.45, 7) is 0. The number of nitro groups is 1. The fourth-order valence-electron chi connectivity index (χ4n) is 0.978. The van der Waals surface area contributed by atoms with Gasteiger partial charge in [0.15, 0.2) is 0 Å². The van der Waals surface area contributed by atoms with E-state index < -0.39 is 4.92 Å². The first-order valence-corrected chi connectivity index (χ1v) is 4.44. The lowest BCUT2D eigenvalue weighted by Gasteiger charge is -1.93. The van der Waals surface area contributed by atoms with Gasteiger partial charge in [-0.05, 0) is 11.5 Å². The molecule has 0 bridgehead atoms. The van der Waals surface area contributed by atoms with Gasteiger partial charge in [-0.25, -0.2) is 0 Å². The molecule has 0 saturated heterocycles. The van der Waals surface area contributed by atoms with Crippen molar-refractivity contribution in [1.82, 2.24) is 4.37 Å². The molecule has 0 aliphatic carbocycles. The number of halogens is 1. The van der Waals surface area contributed by atoms with Gasteiger partial charge in [0.25, 0.3) is 5.69 Å². The second-order valence-electron chi connectivity index (χ2n) is 2.37. The van der Waals surface area contributed by atoms with Crippen LogP contribution < -0.4 is 0 Å². The Morgan fingerprint density at radius 3 is 3.08 bits per heavy atom. The molecule has 0 atom stereocenters. The highest BCUT2D eigenvalue weighted by molar-refractivity contribution is 7.04. The average molecular weight is 214 g/mol. The maximum absolute atomic E-state index is 10.4. The van der Waals surface area contributed by atoms with E-state index in [1.165, 1.54) is 12.1 Å². The number of hydrogen-bond donors (Lipinski definition) is 0. The maximum Gasteiger partial charge on any atom is 0.271 e. The zero-order valence-corrected chi connectivity index (χ0v) is 7.72. The maximum atomic E-state index is 10.4. The fraction of sp³-hybridized carbons (Fsp3) is 0. The molecule has 0 amide bonds. The summed E-state index contributed by atoms with van der Waals surface area (Å²) in [6, 6.07) is 2.70. The van der Waals surface area contributed by atoms with Crippen LogP contribution in [-0.2, 0) is 0 Å². The molecule has 1 aromatic carbocycles. The Balaban J connectivity index is 2.77. The molecule has 0 saturated carbocycles. The van der Waals surface area contributed by atoms with Gasteiger partial charge in [-0.3, -0.25) is 10.1 Å². The Hall–Kier alpha value is -1.20. The van der Waals surface area contributed by atoms with E-state index >= 15 is 0 Å². The van der Waals surface area contributed by atoms with E-state index in [1.807, 2.05) is 0 Å². The van der Waals surface area contributed by atoms with Crippen molar-refractivity contribution in [2.75, 3.05) is 0 Å². The highest BCUT2D eigenvalue weighted by atomic mass is 35.5. The van der Waals surface area contributed by atoms with Crippen molar-refractivity contribution in [3.8, 4) is 0 Å². The number of aromatic nitrogens is 1. The number of fused-ring (bicyclic) bond motifs is 1. The molecule has 0 fully saturated rings. The minimum atomic E-state index is -0.489. The van der Waals surface area contributed by atoms with Crippen molar-refractivity contribution in [2.24, 2.45) is 0 Å². The van der Waals surface area contributed by atoms with Crippen LogP contribution in [0.3, 0.4) is 0 Å². The highest BCUT2D eigenvalue weighted by Crippen LogP contribution is 2.28. The predicted octanol–water partition coefficient (Wildman–Crippen LogP) is 2.66. The average Bonchev–Trinajstić information content (AvgIpc) is 2.51. The van der Waals surface area contributed by atoms with Crippen LogP contribution in [0, 0.1) is 15.5 Å². The summed E-state index contributed by atoms with van der Waals surface area (Å²) >= 11 is 6.87. The van der Waals surface area contributed by atoms with Gasteiger partial charge in [0, 0.05) is 17.5 Å². The molecule has 0 spiro atoms. The molecule has 0 aliphatic heterocycles. The molecule has 1 aromatic heterocycles. The van der Waals surface area contributed by atoms with E-state index in [1.54, 1.807) is 0 Å². The molecule has 0 aliphatic rings. The van der Waals surface area contributed by atoms with Crippen LogP contribution in [-0.4, -0.2) is 9.30 Å². The first kappa shape index (κ1) is 8.40. The van der Waals surface area contributed by atoms with Gasteiger partial charge >= 0.3 is 0 Å². The summed E-state index contributed by atoms with van der Waals surface area (Å²) in [5, 5.41) is 14.1.